The van der Waals surface area contributed by atoms with Crippen molar-refractivity contribution in [2.45, 2.75) is 59.0 Å². The quantitative estimate of drug-likeness (QED) is 0.353. The van der Waals surface area contributed by atoms with Crippen LogP contribution in [0.4, 0.5) is 5.69 Å². The number of unbranched alkanes of at least 4 members (excludes halogenated alkanes) is 4. The lowest BCUT2D eigenvalue weighted by Gasteiger charge is -2.14. The Kier molecular flexibility index (Phi) is 9.05. The fourth-order valence-corrected chi connectivity index (χ4v) is 2.18. The first-order valence-electron chi connectivity index (χ1n) is 8.31. The maximum absolute atomic E-state index is 11.1. The van der Waals surface area contributed by atoms with Gasteiger partial charge in [-0.2, -0.15) is 0 Å². The second-order valence-electron chi connectivity index (χ2n) is 5.45. The van der Waals surface area contributed by atoms with Gasteiger partial charge in [0.1, 0.15) is 0 Å². The van der Waals surface area contributed by atoms with E-state index in [1.807, 2.05) is 0 Å². The number of nitrogens with zero attached hydrogens (tertiary/aromatic N) is 1. The van der Waals surface area contributed by atoms with E-state index in [1.54, 1.807) is 0 Å². The normalized spacial score (nSPS) is 10.6. The molecule has 0 radical (unpaired) electrons. The van der Waals surface area contributed by atoms with Gasteiger partial charge in [0.25, 0.3) is 5.69 Å². The first-order valence-corrected chi connectivity index (χ1v) is 8.31. The van der Waals surface area contributed by atoms with Crippen molar-refractivity contribution in [3.8, 4) is 11.5 Å². The lowest BCUT2D eigenvalue weighted by atomic mass is 10.1. The van der Waals surface area contributed by atoms with Crippen LogP contribution in [0, 0.1) is 10.1 Å². The molecular weight excluding hydrogens is 298 g/mol. The third-order valence-electron chi connectivity index (χ3n) is 3.52. The molecule has 0 spiro atoms. The molecule has 6 nitrogen and oxygen atoms in total. The Labute approximate surface area is 137 Å². The highest BCUT2D eigenvalue weighted by molar-refractivity contribution is 5.54. The van der Waals surface area contributed by atoms with Gasteiger partial charge in [0.15, 0.2) is 11.5 Å². The van der Waals surface area contributed by atoms with Crippen LogP contribution in [0.25, 0.3) is 0 Å². The maximum Gasteiger partial charge on any atom is 0.278 e. The molecule has 130 valence electrons. The molecule has 23 heavy (non-hydrogen) atoms. The highest BCUT2D eigenvalue weighted by Crippen LogP contribution is 2.35. The molecule has 0 amide bonds. The van der Waals surface area contributed by atoms with Gasteiger partial charge >= 0.3 is 0 Å². The molecule has 1 aromatic rings. The number of nitro groups is 1. The van der Waals surface area contributed by atoms with Crippen LogP contribution < -0.4 is 9.47 Å². The number of hydrogen-bond acceptors (Lipinski definition) is 5. The largest absolute Gasteiger partial charge is 0.490 e. The van der Waals surface area contributed by atoms with Crippen molar-refractivity contribution in [3.05, 3.63) is 27.8 Å². The topological polar surface area (TPSA) is 81.8 Å². The minimum Gasteiger partial charge on any atom is -0.490 e. The van der Waals surface area contributed by atoms with E-state index in [2.05, 4.69) is 13.8 Å². The number of ether oxygens (including phenoxy) is 2. The summed E-state index contributed by atoms with van der Waals surface area (Å²) < 4.78 is 11.4. The molecule has 0 atom stereocenters. The molecule has 0 heterocycles. The van der Waals surface area contributed by atoms with E-state index >= 15 is 0 Å². The van der Waals surface area contributed by atoms with Gasteiger partial charge in [0.05, 0.1) is 36.4 Å². The lowest BCUT2D eigenvalue weighted by Crippen LogP contribution is -2.05. The van der Waals surface area contributed by atoms with Crippen LogP contribution in [0.3, 0.4) is 0 Å². The summed E-state index contributed by atoms with van der Waals surface area (Å²) in [7, 11) is 0. The van der Waals surface area contributed by atoms with Crippen molar-refractivity contribution < 1.29 is 19.5 Å². The van der Waals surface area contributed by atoms with Crippen LogP contribution in [0.2, 0.25) is 0 Å². The molecule has 1 N–H and O–H groups in total. The standard InChI is InChI=1S/C17H27NO5/c1-3-5-7-9-22-16-11-14(13-19)15(18(20)21)12-17(16)23-10-8-6-4-2/h11-12,19H,3-10,13H2,1-2H3. The zero-order valence-electron chi connectivity index (χ0n) is 14.0. The molecule has 0 saturated heterocycles. The van der Waals surface area contributed by atoms with Crippen LogP contribution in [0.15, 0.2) is 12.1 Å². The van der Waals surface area contributed by atoms with Crippen molar-refractivity contribution >= 4 is 5.69 Å². The second kappa shape index (κ2) is 10.8. The van der Waals surface area contributed by atoms with Crippen LogP contribution in [-0.2, 0) is 6.61 Å². The van der Waals surface area contributed by atoms with Crippen molar-refractivity contribution in [2.24, 2.45) is 0 Å². The van der Waals surface area contributed by atoms with Gasteiger partial charge in [-0.05, 0) is 18.9 Å². The van der Waals surface area contributed by atoms with Crippen LogP contribution in [0.1, 0.15) is 57.9 Å². The van der Waals surface area contributed by atoms with Crippen LogP contribution >= 0.6 is 0 Å². The summed E-state index contributed by atoms with van der Waals surface area (Å²) in [4.78, 5) is 10.6. The SMILES string of the molecule is CCCCCOc1cc(CO)c([N+](=O)[O-])cc1OCCCCC. The van der Waals surface area contributed by atoms with Gasteiger partial charge in [-0.15, -0.1) is 0 Å². The molecule has 0 aromatic heterocycles. The summed E-state index contributed by atoms with van der Waals surface area (Å²) in [5, 5.41) is 20.5. The molecule has 0 bridgehead atoms. The summed E-state index contributed by atoms with van der Waals surface area (Å²) in [5.74, 6) is 0.841. The first kappa shape index (κ1) is 19.2. The highest BCUT2D eigenvalue weighted by atomic mass is 16.6. The minimum atomic E-state index is -0.509. The number of rotatable bonds is 12. The van der Waals surface area contributed by atoms with Gasteiger partial charge in [-0.25, -0.2) is 0 Å². The number of aliphatic hydroxyl groups is 1. The van der Waals surface area contributed by atoms with Crippen molar-refractivity contribution in [1.82, 2.24) is 0 Å². The van der Waals surface area contributed by atoms with Crippen LogP contribution in [0.5, 0.6) is 11.5 Å². The Balaban J connectivity index is 2.90. The van der Waals surface area contributed by atoms with E-state index in [0.717, 1.165) is 38.5 Å². The summed E-state index contributed by atoms with van der Waals surface area (Å²) in [5.41, 5.74) is 0.0975. The minimum absolute atomic E-state index is 0.140. The van der Waals surface area contributed by atoms with Crippen LogP contribution in [-0.4, -0.2) is 23.2 Å². The molecule has 1 aromatic carbocycles. The molecule has 0 aliphatic carbocycles. The van der Waals surface area contributed by atoms with Crippen molar-refractivity contribution in [3.63, 3.8) is 0 Å². The summed E-state index contributed by atoms with van der Waals surface area (Å²) in [6.45, 7) is 4.83. The fourth-order valence-electron chi connectivity index (χ4n) is 2.18. The zero-order valence-corrected chi connectivity index (χ0v) is 14.0. The third-order valence-corrected chi connectivity index (χ3v) is 3.52. The Morgan fingerprint density at radius 3 is 1.96 bits per heavy atom. The van der Waals surface area contributed by atoms with E-state index in [1.165, 1.54) is 12.1 Å². The van der Waals surface area contributed by atoms with E-state index < -0.39 is 11.5 Å². The fraction of sp³-hybridized carbons (Fsp3) is 0.647. The van der Waals surface area contributed by atoms with E-state index in [9.17, 15) is 15.2 Å². The highest BCUT2D eigenvalue weighted by Gasteiger charge is 2.19. The third kappa shape index (κ3) is 6.44. The molecular formula is C17H27NO5. The number of aliphatic hydroxyl groups excluding tert-OH is 1. The van der Waals surface area contributed by atoms with Gasteiger partial charge in [0.2, 0.25) is 0 Å². The Morgan fingerprint density at radius 2 is 1.52 bits per heavy atom. The summed E-state index contributed by atoms with van der Waals surface area (Å²) in [6, 6.07) is 2.87. The first-order chi connectivity index (χ1) is 11.1. The van der Waals surface area contributed by atoms with Gasteiger partial charge < -0.3 is 14.6 Å². The summed E-state index contributed by atoms with van der Waals surface area (Å²) >= 11 is 0. The van der Waals surface area contributed by atoms with E-state index in [0.29, 0.717) is 24.7 Å². The average molecular weight is 325 g/mol. The smallest absolute Gasteiger partial charge is 0.278 e. The average Bonchev–Trinajstić information content (AvgIpc) is 2.55. The van der Waals surface area contributed by atoms with Gasteiger partial charge in [-0.1, -0.05) is 39.5 Å². The van der Waals surface area contributed by atoms with Crippen molar-refractivity contribution in [2.75, 3.05) is 13.2 Å². The van der Waals surface area contributed by atoms with E-state index in [-0.39, 0.29) is 11.3 Å². The summed E-state index contributed by atoms with van der Waals surface area (Å²) in [6.07, 6.45) is 6.08. The monoisotopic (exact) mass is 325 g/mol. The maximum atomic E-state index is 11.1. The second-order valence-corrected chi connectivity index (χ2v) is 5.45. The molecule has 0 unspecified atom stereocenters. The zero-order chi connectivity index (χ0) is 17.1. The Hall–Kier alpha value is -1.82. The molecule has 0 saturated carbocycles. The number of nitro benzene ring substituents is 1. The molecule has 0 fully saturated rings. The number of hydrogen-bond donors (Lipinski definition) is 1. The molecule has 6 heteroatoms. The molecule has 0 aliphatic heterocycles. The van der Waals surface area contributed by atoms with Crippen molar-refractivity contribution in [1.29, 1.82) is 0 Å². The van der Waals surface area contributed by atoms with Gasteiger partial charge in [-0.3, -0.25) is 10.1 Å². The molecule has 1 rings (SSSR count). The van der Waals surface area contributed by atoms with E-state index in [4.69, 9.17) is 9.47 Å². The Bertz CT molecular complexity index is 490. The predicted molar refractivity (Wildman–Crippen MR) is 89.1 cm³/mol. The number of benzene rings is 1. The lowest BCUT2D eigenvalue weighted by molar-refractivity contribution is -0.385. The Morgan fingerprint density at radius 1 is 1.00 bits per heavy atom. The molecule has 0 aliphatic rings. The predicted octanol–water partition coefficient (Wildman–Crippen LogP) is 4.23. The van der Waals surface area contributed by atoms with Gasteiger partial charge in [0, 0.05) is 0 Å².